The van der Waals surface area contributed by atoms with E-state index in [-0.39, 0.29) is 0 Å². The molecular weight excluding hydrogens is 208 g/mol. The highest BCUT2D eigenvalue weighted by molar-refractivity contribution is 9.09. The van der Waals surface area contributed by atoms with E-state index in [2.05, 4.69) is 35.9 Å². The predicted octanol–water partition coefficient (Wildman–Crippen LogP) is 3.01. The normalized spacial score (nSPS) is 12.0. The predicted molar refractivity (Wildman–Crippen MR) is 52.3 cm³/mol. The molecule has 3 heteroatoms. The summed E-state index contributed by atoms with van der Waals surface area (Å²) in [6.07, 6.45) is 1.25. The summed E-state index contributed by atoms with van der Waals surface area (Å²) in [6.45, 7) is 7.50. The molecule has 0 saturated carbocycles. The van der Waals surface area contributed by atoms with Gasteiger partial charge in [0, 0.05) is 11.9 Å². The molecule has 0 atom stereocenters. The first-order valence-corrected chi connectivity index (χ1v) is 8.06. The highest BCUT2D eigenvalue weighted by Crippen LogP contribution is 2.13. The lowest BCUT2D eigenvalue weighted by atomic mass is 10.6. The van der Waals surface area contributed by atoms with Crippen molar-refractivity contribution in [3.63, 3.8) is 0 Å². The second-order valence-corrected chi connectivity index (χ2v) is 8.09. The molecule has 0 spiro atoms. The third-order valence-corrected chi connectivity index (χ3v) is 4.64. The van der Waals surface area contributed by atoms with Gasteiger partial charge in [-0.15, -0.1) is 0 Å². The van der Waals surface area contributed by atoms with Gasteiger partial charge in [0.05, 0.1) is 0 Å². The van der Waals surface area contributed by atoms with Gasteiger partial charge < -0.3 is 4.43 Å². The van der Waals surface area contributed by atoms with Gasteiger partial charge in [-0.25, -0.2) is 0 Å². The van der Waals surface area contributed by atoms with Crippen molar-refractivity contribution >= 4 is 24.2 Å². The number of hydrogen-bond acceptors (Lipinski definition) is 1. The Morgan fingerprint density at radius 1 is 1.40 bits per heavy atom. The summed E-state index contributed by atoms with van der Waals surface area (Å²) in [4.78, 5) is 0. The molecule has 0 saturated heterocycles. The first-order chi connectivity index (χ1) is 4.62. The van der Waals surface area contributed by atoms with Gasteiger partial charge in [0.1, 0.15) is 0 Å². The van der Waals surface area contributed by atoms with Crippen molar-refractivity contribution in [1.29, 1.82) is 0 Å². The van der Waals surface area contributed by atoms with Gasteiger partial charge in [0.2, 0.25) is 0 Å². The molecule has 0 amide bonds. The minimum Gasteiger partial charge on any atom is -0.418 e. The molecule has 0 aromatic carbocycles. The molecule has 0 rings (SSSR count). The zero-order valence-electron chi connectivity index (χ0n) is 7.11. The van der Waals surface area contributed by atoms with Crippen molar-refractivity contribution in [3.05, 3.63) is 0 Å². The molecule has 0 unspecified atom stereocenters. The molecule has 0 heterocycles. The van der Waals surface area contributed by atoms with E-state index in [0.29, 0.717) is 0 Å². The maximum atomic E-state index is 5.65. The largest absolute Gasteiger partial charge is 0.418 e. The van der Waals surface area contributed by atoms with E-state index in [4.69, 9.17) is 4.43 Å². The molecule has 10 heavy (non-hydrogen) atoms. The Kier molecular flexibility index (Phi) is 5.68. The maximum Gasteiger partial charge on any atom is 0.186 e. The zero-order valence-corrected chi connectivity index (χ0v) is 9.70. The van der Waals surface area contributed by atoms with Gasteiger partial charge in [0.25, 0.3) is 0 Å². The minimum absolute atomic E-state index is 0.876. The summed E-state index contributed by atoms with van der Waals surface area (Å²) in [7, 11) is -1.25. The molecule has 0 aliphatic heterocycles. The number of rotatable bonds is 5. The molecule has 0 radical (unpaired) electrons. The quantitative estimate of drug-likeness (QED) is 0.516. The lowest BCUT2D eigenvalue weighted by Gasteiger charge is -2.20. The first-order valence-electron chi connectivity index (χ1n) is 3.82. The summed E-state index contributed by atoms with van der Waals surface area (Å²) in [5, 5.41) is 1.11. The summed E-state index contributed by atoms with van der Waals surface area (Å²) in [6, 6.07) is 1.27. The van der Waals surface area contributed by atoms with E-state index >= 15 is 0 Å². The fourth-order valence-electron chi connectivity index (χ4n) is 0.955. The minimum atomic E-state index is -1.25. The van der Waals surface area contributed by atoms with Crippen molar-refractivity contribution < 1.29 is 4.43 Å². The Morgan fingerprint density at radius 2 is 2.00 bits per heavy atom. The molecule has 0 fully saturated rings. The SMILES string of the molecule is CCO[Si](C)(C)CCCBr. The van der Waals surface area contributed by atoms with Crippen LogP contribution >= 0.6 is 15.9 Å². The topological polar surface area (TPSA) is 9.23 Å². The highest BCUT2D eigenvalue weighted by Gasteiger charge is 2.19. The van der Waals surface area contributed by atoms with Crippen molar-refractivity contribution in [2.45, 2.75) is 32.5 Å². The summed E-state index contributed by atoms with van der Waals surface area (Å²) in [5.74, 6) is 0. The highest BCUT2D eigenvalue weighted by atomic mass is 79.9. The van der Waals surface area contributed by atoms with Crippen molar-refractivity contribution in [1.82, 2.24) is 0 Å². The van der Waals surface area contributed by atoms with E-state index in [1.54, 1.807) is 0 Å². The average molecular weight is 225 g/mol. The molecule has 1 nitrogen and oxygen atoms in total. The Labute approximate surface area is 73.4 Å². The molecule has 0 aromatic rings. The summed E-state index contributed by atoms with van der Waals surface area (Å²) >= 11 is 3.42. The van der Waals surface area contributed by atoms with Crippen LogP contribution in [0.25, 0.3) is 0 Å². The van der Waals surface area contributed by atoms with Crippen LogP contribution in [-0.4, -0.2) is 20.3 Å². The third kappa shape index (κ3) is 5.44. The second-order valence-electron chi connectivity index (χ2n) is 2.99. The van der Waals surface area contributed by atoms with Crippen molar-refractivity contribution in [2.24, 2.45) is 0 Å². The number of halogens is 1. The van der Waals surface area contributed by atoms with Crippen LogP contribution in [-0.2, 0) is 4.43 Å². The molecule has 0 N–H and O–H groups in total. The summed E-state index contributed by atoms with van der Waals surface area (Å²) in [5.41, 5.74) is 0. The zero-order chi connectivity index (χ0) is 8.04. The van der Waals surface area contributed by atoms with Crippen LogP contribution < -0.4 is 0 Å². The first kappa shape index (κ1) is 10.7. The van der Waals surface area contributed by atoms with E-state index < -0.39 is 8.32 Å². The fourth-order valence-corrected chi connectivity index (χ4v) is 3.71. The number of alkyl halides is 1. The summed E-state index contributed by atoms with van der Waals surface area (Å²) < 4.78 is 5.65. The average Bonchev–Trinajstić information content (AvgIpc) is 1.84. The van der Waals surface area contributed by atoms with Crippen molar-refractivity contribution in [3.8, 4) is 0 Å². The van der Waals surface area contributed by atoms with E-state index in [1.165, 1.54) is 12.5 Å². The second kappa shape index (κ2) is 5.33. The Bertz CT molecular complexity index is 85.7. The maximum absolute atomic E-state index is 5.65. The molecule has 62 valence electrons. The monoisotopic (exact) mass is 224 g/mol. The third-order valence-electron chi connectivity index (χ3n) is 1.45. The standard InChI is InChI=1S/C7H17BrOSi/c1-4-9-10(2,3)7-5-6-8/h4-7H2,1-3H3. The van der Waals surface area contributed by atoms with E-state index in [0.717, 1.165) is 11.9 Å². The molecular formula is C7H17BrOSi. The van der Waals surface area contributed by atoms with Gasteiger partial charge in [0.15, 0.2) is 8.32 Å². The van der Waals surface area contributed by atoms with Crippen LogP contribution in [0.1, 0.15) is 13.3 Å². The lowest BCUT2D eigenvalue weighted by Crippen LogP contribution is -2.29. The fraction of sp³-hybridized carbons (Fsp3) is 1.00. The van der Waals surface area contributed by atoms with Gasteiger partial charge >= 0.3 is 0 Å². The Hall–Kier alpha value is 0.657. The molecule has 0 aromatic heterocycles. The van der Waals surface area contributed by atoms with Crippen LogP contribution in [0.15, 0.2) is 0 Å². The van der Waals surface area contributed by atoms with Gasteiger partial charge in [-0.2, -0.15) is 0 Å². The van der Waals surface area contributed by atoms with E-state index in [1.807, 2.05) is 0 Å². The van der Waals surface area contributed by atoms with Crippen LogP contribution in [0, 0.1) is 0 Å². The lowest BCUT2D eigenvalue weighted by molar-refractivity contribution is 0.328. The van der Waals surface area contributed by atoms with Gasteiger partial charge in [-0.05, 0) is 32.5 Å². The van der Waals surface area contributed by atoms with Crippen LogP contribution in [0.3, 0.4) is 0 Å². The van der Waals surface area contributed by atoms with E-state index in [9.17, 15) is 0 Å². The van der Waals surface area contributed by atoms with Crippen LogP contribution in [0.4, 0.5) is 0 Å². The number of hydrogen-bond donors (Lipinski definition) is 0. The van der Waals surface area contributed by atoms with Crippen molar-refractivity contribution in [2.75, 3.05) is 11.9 Å². The van der Waals surface area contributed by atoms with Crippen LogP contribution in [0.5, 0.6) is 0 Å². The molecule has 0 aliphatic rings. The molecule has 0 aliphatic carbocycles. The smallest absolute Gasteiger partial charge is 0.186 e. The Balaban J connectivity index is 3.42. The van der Waals surface area contributed by atoms with Crippen LogP contribution in [0.2, 0.25) is 19.1 Å². The van der Waals surface area contributed by atoms with Gasteiger partial charge in [-0.3, -0.25) is 0 Å². The molecule has 0 bridgehead atoms. The Morgan fingerprint density at radius 3 is 2.40 bits per heavy atom. The van der Waals surface area contributed by atoms with Gasteiger partial charge in [-0.1, -0.05) is 15.9 Å².